The van der Waals surface area contributed by atoms with Crippen LogP contribution in [0.15, 0.2) is 0 Å². The molecule has 0 fully saturated rings. The molecule has 0 radical (unpaired) electrons. The number of halogens is 2. The Hall–Kier alpha value is 1.38. The van der Waals surface area contributed by atoms with E-state index in [1.807, 2.05) is 6.92 Å². The van der Waals surface area contributed by atoms with Gasteiger partial charge in [-0.15, -0.1) is 0 Å². The van der Waals surface area contributed by atoms with Crippen LogP contribution in [0.3, 0.4) is 0 Å². The molecule has 0 unspecified atom stereocenters. The Kier molecular flexibility index (Phi) is 6.60. The van der Waals surface area contributed by atoms with Crippen LogP contribution in [0.1, 0.15) is 6.92 Å². The Morgan fingerprint density at radius 1 is 2.00 bits per heavy atom. The van der Waals surface area contributed by atoms with Crippen LogP contribution in [0.4, 0.5) is 0 Å². The van der Waals surface area contributed by atoms with Gasteiger partial charge in [-0.1, -0.05) is 0 Å². The van der Waals surface area contributed by atoms with Gasteiger partial charge in [0.25, 0.3) is 0 Å². The minimum absolute atomic E-state index is 0.182. The van der Waals surface area contributed by atoms with E-state index in [1.54, 1.807) is 0 Å². The molecule has 0 saturated heterocycles. The van der Waals surface area contributed by atoms with Crippen molar-refractivity contribution >= 4 is 0 Å². The van der Waals surface area contributed by atoms with Crippen LogP contribution in [0.5, 0.6) is 0 Å². The van der Waals surface area contributed by atoms with Gasteiger partial charge in [0, 0.05) is 0 Å². The van der Waals surface area contributed by atoms with E-state index in [-0.39, 0.29) is 6.17 Å². The third kappa shape index (κ3) is 7.38. The van der Waals surface area contributed by atoms with E-state index in [2.05, 4.69) is 23.9 Å². The van der Waals surface area contributed by atoms with Crippen molar-refractivity contribution in [2.45, 2.75) is 13.1 Å². The van der Waals surface area contributed by atoms with Gasteiger partial charge in [-0.25, -0.2) is 0 Å². The van der Waals surface area contributed by atoms with E-state index in [9.17, 15) is 0 Å². The fraction of sp³-hybridized carbons (Fsp3) is 1.00. The van der Waals surface area contributed by atoms with Gasteiger partial charge in [-0.05, 0) is 0 Å². The first kappa shape index (κ1) is 8.38. The molecule has 4 heteroatoms. The molecule has 1 atom stereocenters. The summed E-state index contributed by atoms with van der Waals surface area (Å²) in [5, 5.41) is 3.12. The van der Waals surface area contributed by atoms with Gasteiger partial charge in [0.2, 0.25) is 0 Å². The maximum absolute atomic E-state index is 5.39. The van der Waals surface area contributed by atoms with E-state index in [4.69, 9.17) is 5.73 Å². The second-order valence-electron chi connectivity index (χ2n) is 1.24. The Bertz CT molecular complexity index is 39.9. The summed E-state index contributed by atoms with van der Waals surface area (Å²) in [5.74, 6) is 0. The minimum atomic E-state index is 0.182. The molecule has 0 aromatic carbocycles. The van der Waals surface area contributed by atoms with Gasteiger partial charge in [-0.2, -0.15) is 0 Å². The molecular formula is C3H10I2N2. The maximum atomic E-state index is 5.39. The monoisotopic (exact) mass is 328 g/mol. The first-order valence-corrected chi connectivity index (χ1v) is 10.3. The van der Waals surface area contributed by atoms with Crippen molar-refractivity contribution in [1.29, 1.82) is 0 Å². The quantitative estimate of drug-likeness (QED) is 0.234. The Balaban J connectivity index is 2.68. The summed E-state index contributed by atoms with van der Waals surface area (Å²) in [4.78, 5) is 0. The topological polar surface area (TPSA) is 38.0 Å². The molecule has 0 aliphatic rings. The summed E-state index contributed by atoms with van der Waals surface area (Å²) in [7, 11) is 0. The van der Waals surface area contributed by atoms with Gasteiger partial charge in [0.05, 0.1) is 0 Å². The van der Waals surface area contributed by atoms with Gasteiger partial charge in [0.1, 0.15) is 0 Å². The van der Waals surface area contributed by atoms with Crippen LogP contribution in [0.25, 0.3) is 0 Å². The van der Waals surface area contributed by atoms with Gasteiger partial charge in [-0.3, -0.25) is 0 Å². The SMILES string of the molecule is C[C@H](N)NC[I-][IH+]. The molecule has 0 spiro atoms. The third-order valence-electron chi connectivity index (χ3n) is 0.454. The second kappa shape index (κ2) is 5.52. The Morgan fingerprint density at radius 2 is 2.57 bits per heavy atom. The summed E-state index contributed by atoms with van der Waals surface area (Å²) in [5.41, 5.74) is 5.39. The fourth-order valence-electron chi connectivity index (χ4n) is 0.153. The van der Waals surface area contributed by atoms with Gasteiger partial charge < -0.3 is 0 Å². The number of hydrogen-bond donors (Lipinski definition) is 2. The Labute approximate surface area is 64.0 Å². The van der Waals surface area contributed by atoms with Crippen molar-refractivity contribution in [3.05, 3.63) is 0 Å². The molecular weight excluding hydrogens is 318 g/mol. The number of nitrogens with one attached hydrogen (secondary N) is 1. The van der Waals surface area contributed by atoms with Crippen LogP contribution in [0, 0.1) is 0 Å². The molecule has 46 valence electrons. The molecule has 0 aliphatic carbocycles. The molecule has 0 aromatic rings. The number of nitrogens with two attached hydrogens (primary N) is 1. The zero-order valence-corrected chi connectivity index (χ0v) is 8.64. The van der Waals surface area contributed by atoms with Crippen LogP contribution < -0.4 is 46.9 Å². The molecule has 0 heterocycles. The zero-order chi connectivity index (χ0) is 5.70. The van der Waals surface area contributed by atoms with Crippen LogP contribution in [0.2, 0.25) is 0 Å². The molecule has 3 N–H and O–H groups in total. The molecule has 0 bridgehead atoms. The van der Waals surface area contributed by atoms with Crippen molar-refractivity contribution in [2.24, 2.45) is 5.73 Å². The average Bonchev–Trinajstić information content (AvgIpc) is 1.61. The number of hydrogen-bond acceptors (Lipinski definition) is 2. The van der Waals surface area contributed by atoms with E-state index in [0.29, 0.717) is 17.2 Å². The van der Waals surface area contributed by atoms with Crippen molar-refractivity contribution in [3.63, 3.8) is 0 Å². The fourth-order valence-corrected chi connectivity index (χ4v) is 2.23. The predicted octanol–water partition coefficient (Wildman–Crippen LogP) is -6.87. The first-order valence-electron chi connectivity index (χ1n) is 1.97. The predicted molar refractivity (Wildman–Crippen MR) is 23.0 cm³/mol. The third-order valence-corrected chi connectivity index (χ3v) is 3.29. The molecule has 0 rings (SSSR count). The molecule has 0 aliphatic heterocycles. The zero-order valence-electron chi connectivity index (χ0n) is 4.15. The standard InChI is InChI=1S/C3H10I2N2/c1-3(6)7-2-5-4/h3-4,7H,2,6H2,1H3/t3-/m1/s1. The molecule has 0 amide bonds. The average molecular weight is 328 g/mol. The second-order valence-corrected chi connectivity index (χ2v) is 6.80. The summed E-state index contributed by atoms with van der Waals surface area (Å²) in [6.45, 7) is 1.96. The molecule has 0 saturated carbocycles. The van der Waals surface area contributed by atoms with Crippen LogP contribution >= 0.6 is 0 Å². The van der Waals surface area contributed by atoms with Crippen molar-refractivity contribution in [2.75, 3.05) is 4.55 Å². The van der Waals surface area contributed by atoms with Crippen molar-refractivity contribution < 1.29 is 35.8 Å². The number of rotatable bonds is 3. The molecule has 2 nitrogen and oxygen atoms in total. The van der Waals surface area contributed by atoms with E-state index < -0.39 is 0 Å². The molecule has 0 aromatic heterocycles. The summed E-state index contributed by atoms with van der Waals surface area (Å²) < 4.78 is 1.14. The van der Waals surface area contributed by atoms with Gasteiger partial charge in [0.15, 0.2) is 0 Å². The summed E-state index contributed by atoms with van der Waals surface area (Å²) in [6, 6.07) is 0. The van der Waals surface area contributed by atoms with Crippen LogP contribution in [-0.2, 0) is 0 Å². The van der Waals surface area contributed by atoms with Crippen molar-refractivity contribution in [3.8, 4) is 0 Å². The molecule has 7 heavy (non-hydrogen) atoms. The van der Waals surface area contributed by atoms with Crippen LogP contribution in [-0.4, -0.2) is 10.7 Å². The first-order chi connectivity index (χ1) is 3.27. The Morgan fingerprint density at radius 3 is 2.71 bits per heavy atom. The van der Waals surface area contributed by atoms with E-state index >= 15 is 0 Å². The summed E-state index contributed by atoms with van der Waals surface area (Å²) in [6.07, 6.45) is 0.182. The normalized spacial score (nSPS) is 14.7. The van der Waals surface area contributed by atoms with E-state index in [0.717, 1.165) is 4.55 Å². The number of alkyl halides is 1. The summed E-state index contributed by atoms with van der Waals surface area (Å²) >= 11 is 2.56. The van der Waals surface area contributed by atoms with E-state index in [1.165, 1.54) is 0 Å². The van der Waals surface area contributed by atoms with Crippen molar-refractivity contribution in [1.82, 2.24) is 5.32 Å². The van der Waals surface area contributed by atoms with Gasteiger partial charge >= 0.3 is 64.5 Å².